The Morgan fingerprint density at radius 2 is 2.22 bits per heavy atom. The Hall–Kier alpha value is -1.74. The quantitative estimate of drug-likeness (QED) is 0.423. The van der Waals surface area contributed by atoms with Crippen LogP contribution in [0, 0.1) is 0 Å². The van der Waals surface area contributed by atoms with Crippen LogP contribution in [0.3, 0.4) is 0 Å². The molecule has 0 fully saturated rings. The zero-order chi connectivity index (χ0) is 13.2. The zero-order valence-electron chi connectivity index (χ0n) is 10.3. The van der Waals surface area contributed by atoms with Crippen LogP contribution in [0.4, 0.5) is 0 Å². The molecule has 1 rings (SSSR count). The Balaban J connectivity index is 2.86. The summed E-state index contributed by atoms with van der Waals surface area (Å²) in [5.41, 5.74) is 0.533. The molecule has 0 aliphatic rings. The number of ether oxygens (including phenoxy) is 1. The molecular weight excluding hydrogens is 244 g/mol. The first-order valence-corrected chi connectivity index (χ1v) is 6.91. The maximum atomic E-state index is 10.9. The van der Waals surface area contributed by atoms with E-state index in [9.17, 15) is 4.79 Å². The molecule has 0 bridgehead atoms. The molecule has 0 radical (unpaired) electrons. The largest absolute Gasteiger partial charge is 0.457 e. The molecule has 94 valence electrons. The van der Waals surface area contributed by atoms with E-state index in [1.54, 1.807) is 42.1 Å². The van der Waals surface area contributed by atoms with Gasteiger partial charge in [0.25, 0.3) is 0 Å². The van der Waals surface area contributed by atoms with Crippen LogP contribution >= 0.6 is 11.8 Å². The summed E-state index contributed by atoms with van der Waals surface area (Å²) in [7, 11) is 0. The Morgan fingerprint density at radius 3 is 2.89 bits per heavy atom. The van der Waals surface area contributed by atoms with Crippen LogP contribution in [-0.4, -0.2) is 18.3 Å². The van der Waals surface area contributed by atoms with Gasteiger partial charge >= 0.3 is 0 Å². The lowest BCUT2D eigenvalue weighted by molar-refractivity contribution is 0.112. The monoisotopic (exact) mass is 260 g/mol. The fraction of sp³-hybridized carbons (Fsp3) is 0.133. The third kappa shape index (κ3) is 4.63. The van der Waals surface area contributed by atoms with Crippen LogP contribution in [0.15, 0.2) is 60.9 Å². The van der Waals surface area contributed by atoms with Gasteiger partial charge in [-0.2, -0.15) is 11.8 Å². The summed E-state index contributed by atoms with van der Waals surface area (Å²) in [6, 6.07) is 7.12. The minimum Gasteiger partial charge on any atom is -0.457 e. The van der Waals surface area contributed by atoms with Gasteiger partial charge in [-0.25, -0.2) is 0 Å². The highest BCUT2D eigenvalue weighted by molar-refractivity contribution is 7.98. The molecule has 3 heteroatoms. The molecule has 0 spiro atoms. The van der Waals surface area contributed by atoms with Gasteiger partial charge in [-0.15, -0.1) is 0 Å². The molecular formula is C15H16O2S. The van der Waals surface area contributed by atoms with Gasteiger partial charge in [0.15, 0.2) is 6.29 Å². The Morgan fingerprint density at radius 1 is 1.44 bits per heavy atom. The maximum absolute atomic E-state index is 10.9. The maximum Gasteiger partial charge on any atom is 0.153 e. The van der Waals surface area contributed by atoms with E-state index in [1.807, 2.05) is 24.5 Å². The van der Waals surface area contributed by atoms with E-state index in [1.165, 1.54) is 0 Å². The van der Waals surface area contributed by atoms with Crippen molar-refractivity contribution in [3.63, 3.8) is 0 Å². The van der Waals surface area contributed by atoms with Crippen molar-refractivity contribution in [2.45, 2.75) is 0 Å². The van der Waals surface area contributed by atoms with Gasteiger partial charge in [0.1, 0.15) is 11.5 Å². The van der Waals surface area contributed by atoms with Gasteiger partial charge in [0.2, 0.25) is 0 Å². The third-order valence-electron chi connectivity index (χ3n) is 2.10. The van der Waals surface area contributed by atoms with Crippen LogP contribution in [0.2, 0.25) is 0 Å². The van der Waals surface area contributed by atoms with Gasteiger partial charge in [0, 0.05) is 5.75 Å². The lowest BCUT2D eigenvalue weighted by Gasteiger charge is -2.08. The van der Waals surface area contributed by atoms with Crippen LogP contribution in [-0.2, 0) is 0 Å². The van der Waals surface area contributed by atoms with Crippen molar-refractivity contribution in [3.8, 4) is 5.75 Å². The summed E-state index contributed by atoms with van der Waals surface area (Å²) < 4.78 is 5.69. The van der Waals surface area contributed by atoms with Crippen molar-refractivity contribution in [2.75, 3.05) is 12.0 Å². The number of hydrogen-bond acceptors (Lipinski definition) is 3. The van der Waals surface area contributed by atoms with E-state index in [2.05, 4.69) is 6.58 Å². The van der Waals surface area contributed by atoms with Gasteiger partial charge in [-0.05, 0) is 30.5 Å². The minimum atomic E-state index is 0.533. The van der Waals surface area contributed by atoms with Crippen molar-refractivity contribution in [1.29, 1.82) is 0 Å². The molecule has 18 heavy (non-hydrogen) atoms. The minimum absolute atomic E-state index is 0.533. The molecule has 0 aliphatic carbocycles. The van der Waals surface area contributed by atoms with E-state index in [0.29, 0.717) is 17.1 Å². The van der Waals surface area contributed by atoms with Crippen molar-refractivity contribution in [1.82, 2.24) is 0 Å². The average molecular weight is 260 g/mol. The number of aldehydes is 1. The summed E-state index contributed by atoms with van der Waals surface area (Å²) in [6.45, 7) is 3.65. The molecule has 0 amide bonds. The lowest BCUT2D eigenvalue weighted by Crippen LogP contribution is -1.95. The average Bonchev–Trinajstić information content (AvgIpc) is 2.40. The van der Waals surface area contributed by atoms with Crippen molar-refractivity contribution in [2.24, 2.45) is 0 Å². The van der Waals surface area contributed by atoms with E-state index >= 15 is 0 Å². The van der Waals surface area contributed by atoms with Gasteiger partial charge in [0.05, 0.1) is 5.56 Å². The fourth-order valence-corrected chi connectivity index (χ4v) is 1.59. The van der Waals surface area contributed by atoms with Gasteiger partial charge < -0.3 is 4.74 Å². The number of benzene rings is 1. The van der Waals surface area contributed by atoms with Crippen LogP contribution in [0.1, 0.15) is 10.4 Å². The van der Waals surface area contributed by atoms with E-state index in [4.69, 9.17) is 4.74 Å². The predicted octanol–water partition coefficient (Wildman–Crippen LogP) is 3.87. The summed E-state index contributed by atoms with van der Waals surface area (Å²) in [5.74, 6) is 2.12. The van der Waals surface area contributed by atoms with Crippen LogP contribution in [0.5, 0.6) is 5.75 Å². The van der Waals surface area contributed by atoms with Crippen molar-refractivity contribution >= 4 is 18.0 Å². The number of thioether (sulfide) groups is 1. The van der Waals surface area contributed by atoms with Crippen molar-refractivity contribution < 1.29 is 9.53 Å². The van der Waals surface area contributed by atoms with E-state index in [-0.39, 0.29) is 0 Å². The standard InChI is InChI=1S/C15H16O2S/c1-3-7-14(9-6-11-18-2)17-15-10-5-4-8-13(15)12-16/h3-10,12H,1,11H2,2H3/b9-6-,14-7+. The molecule has 0 aliphatic heterocycles. The smallest absolute Gasteiger partial charge is 0.153 e. The second-order valence-electron chi connectivity index (χ2n) is 3.42. The first kappa shape index (κ1) is 14.3. The first-order valence-electron chi connectivity index (χ1n) is 5.52. The number of hydrogen-bond donors (Lipinski definition) is 0. The Bertz CT molecular complexity index is 461. The molecule has 0 aromatic heterocycles. The lowest BCUT2D eigenvalue weighted by atomic mass is 10.2. The number of rotatable bonds is 7. The second kappa shape index (κ2) is 8.37. The molecule has 0 saturated heterocycles. The molecule has 1 aromatic carbocycles. The molecule has 2 nitrogen and oxygen atoms in total. The SMILES string of the molecule is C=C/C=C(\C=C/CSC)Oc1ccccc1C=O. The number of allylic oxidation sites excluding steroid dienone is 3. The second-order valence-corrected chi connectivity index (χ2v) is 4.33. The molecule has 1 aromatic rings. The van der Waals surface area contributed by atoms with E-state index < -0.39 is 0 Å². The summed E-state index contributed by atoms with van der Waals surface area (Å²) in [5, 5.41) is 0. The molecule has 0 saturated carbocycles. The molecule has 0 atom stereocenters. The molecule has 0 heterocycles. The summed E-state index contributed by atoms with van der Waals surface area (Å²) in [4.78, 5) is 10.9. The molecule has 0 unspecified atom stereocenters. The summed E-state index contributed by atoms with van der Waals surface area (Å²) in [6.07, 6.45) is 10.1. The highest BCUT2D eigenvalue weighted by Crippen LogP contribution is 2.19. The van der Waals surface area contributed by atoms with E-state index in [0.717, 1.165) is 12.0 Å². The normalized spacial score (nSPS) is 11.5. The van der Waals surface area contributed by atoms with Crippen LogP contribution < -0.4 is 4.74 Å². The zero-order valence-corrected chi connectivity index (χ0v) is 11.2. The first-order chi connectivity index (χ1) is 8.81. The highest BCUT2D eigenvalue weighted by Gasteiger charge is 2.02. The topological polar surface area (TPSA) is 26.3 Å². The van der Waals surface area contributed by atoms with Crippen molar-refractivity contribution in [3.05, 3.63) is 66.5 Å². The molecule has 0 N–H and O–H groups in total. The highest BCUT2D eigenvalue weighted by atomic mass is 32.2. The van der Waals surface area contributed by atoms with Gasteiger partial charge in [-0.1, -0.05) is 30.9 Å². The number of para-hydroxylation sites is 1. The number of carbonyl (C=O) groups excluding carboxylic acids is 1. The number of carbonyl (C=O) groups is 1. The predicted molar refractivity (Wildman–Crippen MR) is 78.3 cm³/mol. The van der Waals surface area contributed by atoms with Gasteiger partial charge in [-0.3, -0.25) is 4.79 Å². The van der Waals surface area contributed by atoms with Crippen LogP contribution in [0.25, 0.3) is 0 Å². The summed E-state index contributed by atoms with van der Waals surface area (Å²) >= 11 is 1.72. The Labute approximate surface area is 112 Å². The Kier molecular flexibility index (Phi) is 6.66. The third-order valence-corrected chi connectivity index (χ3v) is 2.63. The fourth-order valence-electron chi connectivity index (χ4n) is 1.30.